The molecule has 2 fully saturated rings. The van der Waals surface area contributed by atoms with Crippen LogP contribution in [0.15, 0.2) is 28.9 Å². The van der Waals surface area contributed by atoms with Gasteiger partial charge in [-0.25, -0.2) is 0 Å². The van der Waals surface area contributed by atoms with Crippen molar-refractivity contribution in [1.82, 2.24) is 5.32 Å². The third-order valence-electron chi connectivity index (χ3n) is 4.37. The number of carbonyl (C=O) groups is 1. The molecule has 3 nitrogen and oxygen atoms in total. The van der Waals surface area contributed by atoms with Gasteiger partial charge < -0.3 is 9.73 Å². The minimum absolute atomic E-state index is 0.219. The molecule has 20 heavy (non-hydrogen) atoms. The first kappa shape index (κ1) is 12.0. The summed E-state index contributed by atoms with van der Waals surface area (Å²) in [5, 5.41) is 4.23. The van der Waals surface area contributed by atoms with Crippen molar-refractivity contribution in [3.05, 3.63) is 35.6 Å². The molecular formula is C17H19NO2. The van der Waals surface area contributed by atoms with Crippen molar-refractivity contribution >= 4 is 16.9 Å². The zero-order chi connectivity index (χ0) is 13.5. The molecule has 0 spiro atoms. The molecule has 2 aromatic rings. The Balaban J connectivity index is 1.47. The lowest BCUT2D eigenvalue weighted by molar-refractivity contribution is -0.122. The fraction of sp³-hybridized carbons (Fsp3) is 0.471. The number of nitrogens with one attached hydrogen (secondary N) is 1. The van der Waals surface area contributed by atoms with Gasteiger partial charge in [0, 0.05) is 17.8 Å². The second-order valence-electron chi connectivity index (χ2n) is 6.11. The number of hydrogen-bond acceptors (Lipinski definition) is 2. The van der Waals surface area contributed by atoms with Gasteiger partial charge in [0.1, 0.15) is 5.58 Å². The maximum Gasteiger partial charge on any atom is 0.223 e. The number of rotatable bonds is 5. The molecule has 2 aliphatic rings. The molecule has 4 rings (SSSR count). The molecular weight excluding hydrogens is 250 g/mol. The third-order valence-corrected chi connectivity index (χ3v) is 4.37. The van der Waals surface area contributed by atoms with Crippen molar-refractivity contribution in [3.8, 4) is 0 Å². The zero-order valence-electron chi connectivity index (χ0n) is 11.5. The Morgan fingerprint density at radius 3 is 2.85 bits per heavy atom. The number of amides is 1. The Kier molecular flexibility index (Phi) is 2.79. The van der Waals surface area contributed by atoms with Crippen LogP contribution in [0.1, 0.15) is 42.7 Å². The summed E-state index contributed by atoms with van der Waals surface area (Å²) < 4.78 is 5.61. The molecule has 0 unspecified atom stereocenters. The minimum atomic E-state index is 0.219. The van der Waals surface area contributed by atoms with Crippen LogP contribution in [-0.4, -0.2) is 12.5 Å². The van der Waals surface area contributed by atoms with E-state index in [9.17, 15) is 4.79 Å². The van der Waals surface area contributed by atoms with Crippen molar-refractivity contribution in [1.29, 1.82) is 0 Å². The summed E-state index contributed by atoms with van der Waals surface area (Å²) in [7, 11) is 0. The van der Waals surface area contributed by atoms with Gasteiger partial charge in [-0.1, -0.05) is 6.07 Å². The second kappa shape index (κ2) is 4.65. The molecule has 1 heterocycles. The summed E-state index contributed by atoms with van der Waals surface area (Å²) in [6, 6.07) is 6.53. The van der Waals surface area contributed by atoms with Gasteiger partial charge in [-0.2, -0.15) is 0 Å². The molecule has 2 aliphatic carbocycles. The van der Waals surface area contributed by atoms with Crippen molar-refractivity contribution in [2.24, 2.45) is 5.92 Å². The van der Waals surface area contributed by atoms with E-state index in [1.165, 1.54) is 29.4 Å². The van der Waals surface area contributed by atoms with Gasteiger partial charge in [-0.05, 0) is 61.3 Å². The van der Waals surface area contributed by atoms with Gasteiger partial charge in [0.25, 0.3) is 0 Å². The van der Waals surface area contributed by atoms with Crippen molar-refractivity contribution < 1.29 is 9.21 Å². The van der Waals surface area contributed by atoms with Crippen molar-refractivity contribution in [3.63, 3.8) is 0 Å². The van der Waals surface area contributed by atoms with Crippen LogP contribution in [0.25, 0.3) is 11.0 Å². The molecule has 1 aromatic carbocycles. The SMILES string of the molecule is O=C(NCCc1coc2ccc(C3CC3)cc12)C1CC1. The third kappa shape index (κ3) is 2.33. The Bertz CT molecular complexity index is 650. The smallest absolute Gasteiger partial charge is 0.223 e. The van der Waals surface area contributed by atoms with E-state index >= 15 is 0 Å². The molecule has 1 amide bonds. The average molecular weight is 269 g/mol. The fourth-order valence-corrected chi connectivity index (χ4v) is 2.77. The molecule has 1 N–H and O–H groups in total. The van der Waals surface area contributed by atoms with Gasteiger partial charge in [0.05, 0.1) is 6.26 Å². The average Bonchev–Trinajstić information content (AvgIpc) is 3.36. The van der Waals surface area contributed by atoms with Crippen LogP contribution in [0.3, 0.4) is 0 Å². The highest BCUT2D eigenvalue weighted by molar-refractivity contribution is 5.83. The van der Waals surface area contributed by atoms with E-state index in [1.54, 1.807) is 0 Å². The van der Waals surface area contributed by atoms with Gasteiger partial charge in [-0.3, -0.25) is 4.79 Å². The number of fused-ring (bicyclic) bond motifs is 1. The van der Waals surface area contributed by atoms with Gasteiger partial charge >= 0.3 is 0 Å². The van der Waals surface area contributed by atoms with E-state index in [-0.39, 0.29) is 11.8 Å². The van der Waals surface area contributed by atoms with E-state index in [0.29, 0.717) is 6.54 Å². The summed E-state index contributed by atoms with van der Waals surface area (Å²) in [4.78, 5) is 11.6. The molecule has 104 valence electrons. The van der Waals surface area contributed by atoms with Crippen LogP contribution in [-0.2, 0) is 11.2 Å². The summed E-state index contributed by atoms with van der Waals surface area (Å²) >= 11 is 0. The number of furan rings is 1. The summed E-state index contributed by atoms with van der Waals surface area (Å²) in [5.74, 6) is 1.27. The monoisotopic (exact) mass is 269 g/mol. The standard InChI is InChI=1S/C17H19NO2/c19-17(12-3-4-12)18-8-7-14-10-20-16-6-5-13(9-15(14)16)11-1-2-11/h5-6,9-12H,1-4,7-8H2,(H,18,19). The van der Waals surface area contributed by atoms with Crippen LogP contribution < -0.4 is 5.32 Å². The molecule has 0 bridgehead atoms. The summed E-state index contributed by atoms with van der Waals surface area (Å²) in [5.41, 5.74) is 3.60. The van der Waals surface area contributed by atoms with Gasteiger partial charge in [0.15, 0.2) is 0 Å². The molecule has 0 radical (unpaired) electrons. The molecule has 0 atom stereocenters. The van der Waals surface area contributed by atoms with Gasteiger partial charge in [-0.15, -0.1) is 0 Å². The number of hydrogen-bond donors (Lipinski definition) is 1. The van der Waals surface area contributed by atoms with Crippen LogP contribution in [0, 0.1) is 5.92 Å². The first-order chi connectivity index (χ1) is 9.81. The fourth-order valence-electron chi connectivity index (χ4n) is 2.77. The lowest BCUT2D eigenvalue weighted by Gasteiger charge is -2.03. The number of benzene rings is 1. The maximum atomic E-state index is 11.6. The largest absolute Gasteiger partial charge is 0.464 e. The van der Waals surface area contributed by atoms with Gasteiger partial charge in [0.2, 0.25) is 5.91 Å². The van der Waals surface area contributed by atoms with Crippen LogP contribution in [0.2, 0.25) is 0 Å². The normalized spacial score (nSPS) is 18.4. The quantitative estimate of drug-likeness (QED) is 0.904. The Morgan fingerprint density at radius 1 is 1.25 bits per heavy atom. The Morgan fingerprint density at radius 2 is 2.10 bits per heavy atom. The topological polar surface area (TPSA) is 42.2 Å². The minimum Gasteiger partial charge on any atom is -0.464 e. The molecule has 3 heteroatoms. The molecule has 1 aromatic heterocycles. The van der Waals surface area contributed by atoms with Crippen LogP contribution in [0.5, 0.6) is 0 Å². The Labute approximate surface area is 118 Å². The van der Waals surface area contributed by atoms with E-state index in [1.807, 2.05) is 6.26 Å². The maximum absolute atomic E-state index is 11.6. The summed E-state index contributed by atoms with van der Waals surface area (Å²) in [6.45, 7) is 0.706. The first-order valence-electron chi connectivity index (χ1n) is 7.59. The predicted octanol–water partition coefficient (Wildman–Crippen LogP) is 3.38. The lowest BCUT2D eigenvalue weighted by Crippen LogP contribution is -2.26. The predicted molar refractivity (Wildman–Crippen MR) is 77.6 cm³/mol. The van der Waals surface area contributed by atoms with Crippen molar-refractivity contribution in [2.75, 3.05) is 6.54 Å². The van der Waals surface area contributed by atoms with Crippen LogP contribution in [0.4, 0.5) is 0 Å². The van der Waals surface area contributed by atoms with E-state index in [0.717, 1.165) is 30.8 Å². The highest BCUT2D eigenvalue weighted by Gasteiger charge is 2.29. The molecule has 2 saturated carbocycles. The second-order valence-corrected chi connectivity index (χ2v) is 6.11. The Hall–Kier alpha value is -1.77. The first-order valence-corrected chi connectivity index (χ1v) is 7.59. The highest BCUT2D eigenvalue weighted by atomic mass is 16.3. The highest BCUT2D eigenvalue weighted by Crippen LogP contribution is 2.41. The molecule has 0 aliphatic heterocycles. The van der Waals surface area contributed by atoms with E-state index in [2.05, 4.69) is 23.5 Å². The zero-order valence-corrected chi connectivity index (χ0v) is 11.5. The van der Waals surface area contributed by atoms with E-state index < -0.39 is 0 Å². The van der Waals surface area contributed by atoms with E-state index in [4.69, 9.17) is 4.42 Å². The van der Waals surface area contributed by atoms with Crippen molar-refractivity contribution in [2.45, 2.75) is 38.0 Å². The molecule has 0 saturated heterocycles. The summed E-state index contributed by atoms with van der Waals surface area (Å²) in [6.07, 6.45) is 7.44. The lowest BCUT2D eigenvalue weighted by atomic mass is 10.0. The number of carbonyl (C=O) groups excluding carboxylic acids is 1. The van der Waals surface area contributed by atoms with Crippen LogP contribution >= 0.6 is 0 Å².